The maximum atomic E-state index is 12.2. The molecule has 7 heteroatoms. The van der Waals surface area contributed by atoms with Crippen molar-refractivity contribution in [3.8, 4) is 0 Å². The predicted molar refractivity (Wildman–Crippen MR) is 47.4 cm³/mol. The molecular weight excluding hydrogens is 225 g/mol. The second-order valence-electron chi connectivity index (χ2n) is 2.88. The average Bonchev–Trinajstić information content (AvgIpc) is 2.17. The molecule has 0 radical (unpaired) electrons. The Balaban J connectivity index is 2.79. The van der Waals surface area contributed by atoms with Gasteiger partial charge in [0.15, 0.2) is 5.69 Å². The molecule has 4 nitrogen and oxygen atoms in total. The number of carbonyl (C=O) groups is 1. The molecule has 0 unspecified atom stereocenters. The fraction of sp³-hybridized carbons (Fsp3) is 0.444. The lowest BCUT2D eigenvalue weighted by Gasteiger charge is -2.06. The average molecular weight is 234 g/mol. The van der Waals surface area contributed by atoms with E-state index in [2.05, 4.69) is 14.7 Å². The normalized spacial score (nSPS) is 11.2. The van der Waals surface area contributed by atoms with Gasteiger partial charge < -0.3 is 4.74 Å². The first-order valence-electron chi connectivity index (χ1n) is 4.47. The zero-order valence-corrected chi connectivity index (χ0v) is 8.41. The van der Waals surface area contributed by atoms with Crippen molar-refractivity contribution >= 4 is 5.97 Å². The zero-order chi connectivity index (χ0) is 12.2. The van der Waals surface area contributed by atoms with Gasteiger partial charge >= 0.3 is 12.1 Å². The third-order valence-corrected chi connectivity index (χ3v) is 1.61. The number of hydrogen-bond acceptors (Lipinski definition) is 4. The van der Waals surface area contributed by atoms with Gasteiger partial charge in [0.2, 0.25) is 0 Å². The fourth-order valence-electron chi connectivity index (χ4n) is 0.988. The van der Waals surface area contributed by atoms with E-state index in [9.17, 15) is 18.0 Å². The van der Waals surface area contributed by atoms with E-state index in [-0.39, 0.29) is 18.7 Å². The van der Waals surface area contributed by atoms with Crippen molar-refractivity contribution in [1.82, 2.24) is 9.97 Å². The third-order valence-electron chi connectivity index (χ3n) is 1.61. The van der Waals surface area contributed by atoms with Gasteiger partial charge in [0.25, 0.3) is 0 Å². The van der Waals surface area contributed by atoms with E-state index in [1.165, 1.54) is 0 Å². The summed E-state index contributed by atoms with van der Waals surface area (Å²) in [4.78, 5) is 17.7. The summed E-state index contributed by atoms with van der Waals surface area (Å²) >= 11 is 0. The fourth-order valence-corrected chi connectivity index (χ4v) is 0.988. The Morgan fingerprint density at radius 3 is 2.69 bits per heavy atom. The molecule has 1 aromatic heterocycles. The molecule has 0 saturated carbocycles. The number of nitrogens with zero attached hydrogens (tertiary/aromatic N) is 2. The van der Waals surface area contributed by atoms with Crippen LogP contribution >= 0.6 is 0 Å². The summed E-state index contributed by atoms with van der Waals surface area (Å²) in [6.45, 7) is 1.78. The number of hydrogen-bond donors (Lipinski definition) is 0. The number of rotatable bonds is 3. The van der Waals surface area contributed by atoms with Crippen molar-refractivity contribution in [2.45, 2.75) is 19.5 Å². The van der Waals surface area contributed by atoms with Crippen LogP contribution in [0.1, 0.15) is 18.3 Å². The van der Waals surface area contributed by atoms with Crippen LogP contribution in [0.5, 0.6) is 0 Å². The molecule has 1 heterocycles. The molecule has 0 aromatic carbocycles. The minimum Gasteiger partial charge on any atom is -0.466 e. The number of ether oxygens (including phenoxy) is 1. The first kappa shape index (κ1) is 12.4. The summed E-state index contributed by atoms with van der Waals surface area (Å²) in [5.41, 5.74) is -1.18. The lowest BCUT2D eigenvalue weighted by molar-refractivity contribution is -0.144. The quantitative estimate of drug-likeness (QED) is 0.745. The highest BCUT2D eigenvalue weighted by Crippen LogP contribution is 2.26. The van der Waals surface area contributed by atoms with Crippen LogP contribution in [0.2, 0.25) is 0 Å². The number of halogens is 3. The Labute approximate surface area is 89.5 Å². The third kappa shape index (κ3) is 3.48. The molecule has 0 N–H and O–H groups in total. The molecule has 0 aliphatic heterocycles. The molecule has 0 saturated heterocycles. The number of alkyl halides is 3. The largest absolute Gasteiger partial charge is 0.466 e. The molecule has 0 fully saturated rings. The Kier molecular flexibility index (Phi) is 3.81. The highest BCUT2D eigenvalue weighted by Gasteiger charge is 2.33. The van der Waals surface area contributed by atoms with Crippen LogP contribution in [0.25, 0.3) is 0 Å². The lowest BCUT2D eigenvalue weighted by Crippen LogP contribution is -2.13. The summed E-state index contributed by atoms with van der Waals surface area (Å²) in [5.74, 6) is -0.629. The van der Waals surface area contributed by atoms with E-state index in [0.29, 0.717) is 6.20 Å². The molecule has 0 aliphatic rings. The first-order chi connectivity index (χ1) is 7.43. The van der Waals surface area contributed by atoms with E-state index in [1.54, 1.807) is 6.92 Å². The van der Waals surface area contributed by atoms with Gasteiger partial charge in [-0.2, -0.15) is 13.2 Å². The van der Waals surface area contributed by atoms with Crippen LogP contribution in [-0.4, -0.2) is 22.5 Å². The maximum absolute atomic E-state index is 12.2. The van der Waals surface area contributed by atoms with Crippen molar-refractivity contribution in [2.75, 3.05) is 6.61 Å². The van der Waals surface area contributed by atoms with E-state index in [0.717, 1.165) is 6.20 Å². The number of esters is 1. The van der Waals surface area contributed by atoms with Gasteiger partial charge in [-0.05, 0) is 6.92 Å². The Hall–Kier alpha value is -1.66. The van der Waals surface area contributed by atoms with Gasteiger partial charge in [-0.3, -0.25) is 9.78 Å². The minimum absolute atomic E-state index is 0.0618. The monoisotopic (exact) mass is 234 g/mol. The predicted octanol–water partition coefficient (Wildman–Crippen LogP) is 1.60. The summed E-state index contributed by atoms with van der Waals surface area (Å²) in [6, 6.07) is 0. The second kappa shape index (κ2) is 4.91. The van der Waals surface area contributed by atoms with Crippen LogP contribution in [0.3, 0.4) is 0 Å². The van der Waals surface area contributed by atoms with E-state index in [1.807, 2.05) is 0 Å². The van der Waals surface area contributed by atoms with Crippen LogP contribution in [0.15, 0.2) is 12.4 Å². The molecule has 0 spiro atoms. The Morgan fingerprint density at radius 2 is 2.12 bits per heavy atom. The van der Waals surface area contributed by atoms with Crippen LogP contribution in [-0.2, 0) is 22.1 Å². The zero-order valence-electron chi connectivity index (χ0n) is 8.41. The molecule has 1 aromatic rings. The molecule has 1 rings (SSSR count). The lowest BCUT2D eigenvalue weighted by atomic mass is 10.3. The van der Waals surface area contributed by atoms with E-state index < -0.39 is 17.8 Å². The number of carbonyl (C=O) groups excluding carboxylic acids is 1. The molecule has 0 atom stereocenters. The number of aromatic nitrogens is 2. The highest BCUT2D eigenvalue weighted by molar-refractivity contribution is 5.71. The minimum atomic E-state index is -4.56. The van der Waals surface area contributed by atoms with E-state index in [4.69, 9.17) is 0 Å². The van der Waals surface area contributed by atoms with Crippen molar-refractivity contribution < 1.29 is 22.7 Å². The Bertz CT molecular complexity index is 379. The topological polar surface area (TPSA) is 52.1 Å². The highest BCUT2D eigenvalue weighted by atomic mass is 19.4. The van der Waals surface area contributed by atoms with E-state index >= 15 is 0 Å². The SMILES string of the molecule is CCOC(=O)Cc1cncc(C(F)(F)F)n1. The standard InChI is InChI=1S/C9H9F3N2O2/c1-2-16-8(15)3-6-4-13-5-7(14-6)9(10,11)12/h4-5H,2-3H2,1H3. The summed E-state index contributed by atoms with van der Waals surface area (Å²) in [5, 5.41) is 0. The van der Waals surface area contributed by atoms with Gasteiger partial charge in [-0.15, -0.1) is 0 Å². The molecular formula is C9H9F3N2O2. The summed E-state index contributed by atoms with van der Waals surface area (Å²) in [6.07, 6.45) is -3.16. The van der Waals surface area contributed by atoms with Crippen molar-refractivity contribution in [3.05, 3.63) is 23.8 Å². The van der Waals surface area contributed by atoms with Crippen LogP contribution < -0.4 is 0 Å². The van der Waals surface area contributed by atoms with Gasteiger partial charge in [0.1, 0.15) is 0 Å². The van der Waals surface area contributed by atoms with Gasteiger partial charge in [0, 0.05) is 6.20 Å². The van der Waals surface area contributed by atoms with Crippen LogP contribution in [0.4, 0.5) is 13.2 Å². The maximum Gasteiger partial charge on any atom is 0.434 e. The smallest absolute Gasteiger partial charge is 0.434 e. The Morgan fingerprint density at radius 1 is 1.44 bits per heavy atom. The van der Waals surface area contributed by atoms with Gasteiger partial charge in [-0.25, -0.2) is 4.98 Å². The summed E-state index contributed by atoms with van der Waals surface area (Å²) < 4.78 is 41.3. The molecule has 88 valence electrons. The van der Waals surface area contributed by atoms with Crippen molar-refractivity contribution in [3.63, 3.8) is 0 Å². The molecule has 0 bridgehead atoms. The van der Waals surface area contributed by atoms with Gasteiger partial charge in [0.05, 0.1) is 24.9 Å². The second-order valence-corrected chi connectivity index (χ2v) is 2.88. The molecule has 0 amide bonds. The summed E-state index contributed by atoms with van der Waals surface area (Å²) in [7, 11) is 0. The molecule has 16 heavy (non-hydrogen) atoms. The van der Waals surface area contributed by atoms with Crippen molar-refractivity contribution in [2.24, 2.45) is 0 Å². The van der Waals surface area contributed by atoms with Gasteiger partial charge in [-0.1, -0.05) is 0 Å². The molecule has 0 aliphatic carbocycles. The van der Waals surface area contributed by atoms with Crippen LogP contribution in [0, 0.1) is 0 Å². The van der Waals surface area contributed by atoms with Crippen molar-refractivity contribution in [1.29, 1.82) is 0 Å². The first-order valence-corrected chi connectivity index (χ1v) is 4.47.